The van der Waals surface area contributed by atoms with Gasteiger partial charge < -0.3 is 36.0 Å². The monoisotopic (exact) mass is 535 g/mol. The van der Waals surface area contributed by atoms with Crippen molar-refractivity contribution in [2.75, 3.05) is 20.7 Å². The Morgan fingerprint density at radius 3 is 2.73 bits per heavy atom. The van der Waals surface area contributed by atoms with Crippen molar-refractivity contribution >= 4 is 15.9 Å². The summed E-state index contributed by atoms with van der Waals surface area (Å²) in [4.78, 5) is 0. The Balaban J connectivity index is 0.00000218. The highest BCUT2D eigenvalue weighted by Gasteiger charge is 2.54. The molecule has 4 nitrogen and oxygen atoms in total. The molecular formula is C24H27Br2NO3. The summed E-state index contributed by atoms with van der Waals surface area (Å²) >= 11 is 3.54. The van der Waals surface area contributed by atoms with Crippen LogP contribution in [0.15, 0.2) is 53.0 Å². The maximum Gasteiger partial charge on any atom is 0.166 e. The highest BCUT2D eigenvalue weighted by molar-refractivity contribution is 9.10. The van der Waals surface area contributed by atoms with Crippen molar-refractivity contribution in [3.05, 3.63) is 69.7 Å². The second-order valence-electron chi connectivity index (χ2n) is 8.98. The molecule has 3 unspecified atom stereocenters. The minimum Gasteiger partial charge on any atom is -1.00 e. The number of hydrogen-bond donors (Lipinski definition) is 1. The average molecular weight is 537 g/mol. The Bertz CT molecular complexity index is 977. The predicted octanol–water partition coefficient (Wildman–Crippen LogP) is 1.33. The van der Waals surface area contributed by atoms with E-state index < -0.39 is 6.10 Å². The van der Waals surface area contributed by atoms with Gasteiger partial charge in [0.05, 0.1) is 32.2 Å². The number of methoxy groups -OCH3 is 1. The van der Waals surface area contributed by atoms with E-state index in [9.17, 15) is 5.11 Å². The van der Waals surface area contributed by atoms with Gasteiger partial charge >= 0.3 is 0 Å². The Morgan fingerprint density at radius 2 is 2.00 bits per heavy atom. The van der Waals surface area contributed by atoms with Crippen molar-refractivity contribution in [2.45, 2.75) is 43.6 Å². The first-order valence-corrected chi connectivity index (χ1v) is 11.0. The van der Waals surface area contributed by atoms with Gasteiger partial charge in [0.15, 0.2) is 11.5 Å². The maximum atomic E-state index is 10.2. The topological polar surface area (TPSA) is 38.7 Å². The van der Waals surface area contributed by atoms with E-state index in [1.807, 2.05) is 12.1 Å². The van der Waals surface area contributed by atoms with Gasteiger partial charge in [-0.25, -0.2) is 0 Å². The molecule has 2 heterocycles. The first kappa shape index (κ1) is 21.9. The second kappa shape index (κ2) is 7.97. The first-order valence-electron chi connectivity index (χ1n) is 10.2. The van der Waals surface area contributed by atoms with Gasteiger partial charge in [0.2, 0.25) is 0 Å². The summed E-state index contributed by atoms with van der Waals surface area (Å²) in [6.07, 6.45) is 5.33. The molecule has 1 N–H and O–H groups in total. The zero-order chi connectivity index (χ0) is 20.2. The van der Waals surface area contributed by atoms with Crippen molar-refractivity contribution in [2.24, 2.45) is 0 Å². The van der Waals surface area contributed by atoms with Gasteiger partial charge in [-0.05, 0) is 24.3 Å². The molecule has 160 valence electrons. The number of benzene rings is 2. The number of aliphatic hydroxyl groups is 1. The zero-order valence-electron chi connectivity index (χ0n) is 17.3. The Kier molecular flexibility index (Phi) is 5.81. The van der Waals surface area contributed by atoms with Crippen molar-refractivity contribution in [1.29, 1.82) is 0 Å². The molecule has 3 aliphatic rings. The fraction of sp³-hybridized carbons (Fsp3) is 0.417. The van der Waals surface area contributed by atoms with Crippen molar-refractivity contribution in [3.63, 3.8) is 0 Å². The van der Waals surface area contributed by atoms with E-state index >= 15 is 0 Å². The smallest absolute Gasteiger partial charge is 0.166 e. The van der Waals surface area contributed by atoms with Crippen LogP contribution in [0.25, 0.3) is 0 Å². The lowest BCUT2D eigenvalue weighted by molar-refractivity contribution is -0.935. The largest absolute Gasteiger partial charge is 1.00 e. The second-order valence-corrected chi connectivity index (χ2v) is 9.89. The highest BCUT2D eigenvalue weighted by Crippen LogP contribution is 2.56. The van der Waals surface area contributed by atoms with Gasteiger partial charge in [-0.3, -0.25) is 0 Å². The molecule has 0 amide bonds. The minimum absolute atomic E-state index is 0. The van der Waals surface area contributed by atoms with Crippen LogP contribution < -0.4 is 26.5 Å². The standard InChI is InChI=1S/C24H27BrNO3.BrH/c1-26(14-16-3-6-18(25)7-4-16)12-11-24-10-9-19(27)13-21(24)29-23-20(28-2)8-5-17(15-26)22(23)24;/h3-10,19,21,27H,11-15H2,1-2H3;1H/q+1;/p-1/t19?,21-,24?,26?;/m1./s1. The number of nitrogens with zero attached hydrogens (tertiary/aromatic N) is 1. The molecule has 2 aromatic rings. The number of halogens is 2. The summed E-state index contributed by atoms with van der Waals surface area (Å²) in [6, 6.07) is 12.9. The molecule has 1 spiro atoms. The SMILES string of the molecule is COc1ccc2c3c1O[C@@H]1CC(O)C=CC31CC[N+](C)(Cc1ccc(Br)cc1)C2.[Br-]. The molecular weight excluding hydrogens is 510 g/mol. The zero-order valence-corrected chi connectivity index (χ0v) is 20.4. The van der Waals surface area contributed by atoms with Gasteiger partial charge in [-0.2, -0.15) is 0 Å². The van der Waals surface area contributed by atoms with E-state index in [2.05, 4.69) is 59.4 Å². The molecule has 30 heavy (non-hydrogen) atoms. The fourth-order valence-electron chi connectivity index (χ4n) is 5.44. The number of ether oxygens (including phenoxy) is 2. The Hall–Kier alpha value is -1.34. The lowest BCUT2D eigenvalue weighted by atomic mass is 9.69. The summed E-state index contributed by atoms with van der Waals surface area (Å²) in [7, 11) is 4.05. The molecule has 4 atom stereocenters. The molecule has 0 bridgehead atoms. The third kappa shape index (κ3) is 3.52. The quantitative estimate of drug-likeness (QED) is 0.475. The van der Waals surface area contributed by atoms with Crippen LogP contribution in [0.2, 0.25) is 0 Å². The van der Waals surface area contributed by atoms with Gasteiger partial charge in [0, 0.05) is 34.0 Å². The van der Waals surface area contributed by atoms with E-state index in [0.717, 1.165) is 46.5 Å². The summed E-state index contributed by atoms with van der Waals surface area (Å²) in [5, 5.41) is 10.2. The van der Waals surface area contributed by atoms with E-state index in [1.54, 1.807) is 7.11 Å². The van der Waals surface area contributed by atoms with Gasteiger partial charge in [-0.1, -0.05) is 40.2 Å². The van der Waals surface area contributed by atoms with Crippen molar-refractivity contribution < 1.29 is 36.0 Å². The number of rotatable bonds is 3. The van der Waals surface area contributed by atoms with Crippen LogP contribution >= 0.6 is 15.9 Å². The van der Waals surface area contributed by atoms with Crippen molar-refractivity contribution in [1.82, 2.24) is 0 Å². The average Bonchev–Trinajstić information content (AvgIpc) is 2.97. The lowest BCUT2D eigenvalue weighted by Crippen LogP contribution is -3.00. The number of quaternary nitrogens is 1. The fourth-order valence-corrected chi connectivity index (χ4v) is 5.71. The summed E-state index contributed by atoms with van der Waals surface area (Å²) in [5.41, 5.74) is 3.79. The normalized spacial score (nSPS) is 31.1. The lowest BCUT2D eigenvalue weighted by Gasteiger charge is -2.37. The van der Waals surface area contributed by atoms with Crippen LogP contribution in [0, 0.1) is 0 Å². The molecule has 1 aliphatic carbocycles. The summed E-state index contributed by atoms with van der Waals surface area (Å²) < 4.78 is 14.1. The highest BCUT2D eigenvalue weighted by atomic mass is 79.9. The molecule has 0 saturated heterocycles. The van der Waals surface area contributed by atoms with E-state index in [-0.39, 0.29) is 28.5 Å². The van der Waals surface area contributed by atoms with Crippen LogP contribution in [0.3, 0.4) is 0 Å². The molecule has 2 aliphatic heterocycles. The Morgan fingerprint density at radius 1 is 1.23 bits per heavy atom. The number of aliphatic hydroxyl groups excluding tert-OH is 1. The van der Waals surface area contributed by atoms with E-state index in [0.29, 0.717) is 6.42 Å². The van der Waals surface area contributed by atoms with Crippen LogP contribution in [0.4, 0.5) is 0 Å². The van der Waals surface area contributed by atoms with Gasteiger partial charge in [0.25, 0.3) is 0 Å². The van der Waals surface area contributed by atoms with Crippen LogP contribution in [0.1, 0.15) is 29.5 Å². The Labute approximate surface area is 197 Å². The molecule has 2 aromatic carbocycles. The third-order valence-electron chi connectivity index (χ3n) is 6.89. The summed E-state index contributed by atoms with van der Waals surface area (Å²) in [6.45, 7) is 2.99. The third-order valence-corrected chi connectivity index (χ3v) is 7.42. The number of hydrogen-bond acceptors (Lipinski definition) is 3. The first-order chi connectivity index (χ1) is 13.9. The van der Waals surface area contributed by atoms with E-state index in [4.69, 9.17) is 9.47 Å². The molecule has 0 radical (unpaired) electrons. The van der Waals surface area contributed by atoms with E-state index in [1.165, 1.54) is 16.7 Å². The van der Waals surface area contributed by atoms with Crippen LogP contribution in [0.5, 0.6) is 11.5 Å². The molecule has 0 aromatic heterocycles. The minimum atomic E-state index is -0.443. The molecule has 0 fully saturated rings. The molecule has 6 heteroatoms. The summed E-state index contributed by atoms with van der Waals surface area (Å²) in [5.74, 6) is 1.68. The molecule has 5 rings (SSSR count). The predicted molar refractivity (Wildman–Crippen MR) is 116 cm³/mol. The van der Waals surface area contributed by atoms with Crippen LogP contribution in [-0.4, -0.2) is 42.5 Å². The molecule has 0 saturated carbocycles. The maximum absolute atomic E-state index is 10.2. The van der Waals surface area contributed by atoms with Crippen LogP contribution in [-0.2, 0) is 18.5 Å². The van der Waals surface area contributed by atoms with Gasteiger partial charge in [0.1, 0.15) is 19.2 Å². The van der Waals surface area contributed by atoms with Gasteiger partial charge in [-0.15, -0.1) is 0 Å². The van der Waals surface area contributed by atoms with Crippen molar-refractivity contribution in [3.8, 4) is 11.5 Å².